The summed E-state index contributed by atoms with van der Waals surface area (Å²) in [6.45, 7) is 8.18. The zero-order chi connectivity index (χ0) is 19.2. The first-order valence-electron chi connectivity index (χ1n) is 8.61. The van der Waals surface area contributed by atoms with Gasteiger partial charge in [0.05, 0.1) is 12.2 Å². The number of fused-ring (bicyclic) bond motifs is 3. The van der Waals surface area contributed by atoms with Gasteiger partial charge in [0.25, 0.3) is 0 Å². The van der Waals surface area contributed by atoms with Crippen molar-refractivity contribution in [3.63, 3.8) is 0 Å². The van der Waals surface area contributed by atoms with Gasteiger partial charge in [0, 0.05) is 37.2 Å². The number of carbonyl (C=O) groups excluding carboxylic acids is 4. The smallest absolute Gasteiger partial charge is 0.334 e. The zero-order valence-electron chi connectivity index (χ0n) is 15.1. The molecule has 140 valence electrons. The molecule has 3 rings (SSSR count). The van der Waals surface area contributed by atoms with Crippen LogP contribution in [0.25, 0.3) is 0 Å². The standard InChI is InChI=1S/C19H22O7/c1-9-15-13(25-11(3)21)7-19(4)14(22)6-5-12(8-24-10(2)20)16(19)17(15)26-18(9)23/h8,13,15-17H,1,5-7H2,2-4H3. The topological polar surface area (TPSA) is 96.0 Å². The minimum absolute atomic E-state index is 0.0200. The average Bonchev–Trinajstić information content (AvgIpc) is 2.82. The second-order valence-corrected chi connectivity index (χ2v) is 7.39. The highest BCUT2D eigenvalue weighted by Crippen LogP contribution is 2.56. The van der Waals surface area contributed by atoms with Crippen molar-refractivity contribution in [2.45, 2.75) is 52.2 Å². The molecule has 7 nitrogen and oxygen atoms in total. The van der Waals surface area contributed by atoms with Crippen LogP contribution in [-0.2, 0) is 33.4 Å². The summed E-state index contributed by atoms with van der Waals surface area (Å²) >= 11 is 0. The molecule has 1 heterocycles. The first-order chi connectivity index (χ1) is 12.1. The fourth-order valence-corrected chi connectivity index (χ4v) is 4.58. The van der Waals surface area contributed by atoms with E-state index in [1.807, 2.05) is 0 Å². The molecule has 1 saturated heterocycles. The number of hydrogen-bond donors (Lipinski definition) is 0. The van der Waals surface area contributed by atoms with Crippen LogP contribution in [0.2, 0.25) is 0 Å². The van der Waals surface area contributed by atoms with Crippen LogP contribution in [0, 0.1) is 17.3 Å². The van der Waals surface area contributed by atoms with Gasteiger partial charge in [-0.1, -0.05) is 13.5 Å². The van der Waals surface area contributed by atoms with Gasteiger partial charge < -0.3 is 14.2 Å². The zero-order valence-corrected chi connectivity index (χ0v) is 15.1. The molecule has 2 aliphatic carbocycles. The van der Waals surface area contributed by atoms with Crippen molar-refractivity contribution in [1.29, 1.82) is 0 Å². The summed E-state index contributed by atoms with van der Waals surface area (Å²) in [5.41, 5.74) is 0.116. The number of esters is 3. The summed E-state index contributed by atoms with van der Waals surface area (Å²) in [5.74, 6) is -2.44. The molecule has 0 aromatic rings. The number of ether oxygens (including phenoxy) is 3. The molecular formula is C19H22O7. The molecule has 0 bridgehead atoms. The maximum Gasteiger partial charge on any atom is 0.334 e. The molecule has 3 fully saturated rings. The van der Waals surface area contributed by atoms with Crippen LogP contribution in [0.4, 0.5) is 0 Å². The van der Waals surface area contributed by atoms with Crippen LogP contribution in [0.1, 0.15) is 40.0 Å². The van der Waals surface area contributed by atoms with E-state index in [0.29, 0.717) is 12.8 Å². The lowest BCUT2D eigenvalue weighted by molar-refractivity contribution is -0.170. The first kappa shape index (κ1) is 18.4. The molecule has 26 heavy (non-hydrogen) atoms. The Kier molecular flexibility index (Phi) is 4.50. The van der Waals surface area contributed by atoms with E-state index in [-0.39, 0.29) is 17.8 Å². The minimum atomic E-state index is -0.879. The number of carbonyl (C=O) groups is 4. The molecule has 1 aliphatic heterocycles. The van der Waals surface area contributed by atoms with Gasteiger partial charge in [-0.3, -0.25) is 14.4 Å². The number of Topliss-reactive ketones (excluding diaryl/α,β-unsaturated/α-hetero) is 1. The third kappa shape index (κ3) is 2.85. The predicted molar refractivity (Wildman–Crippen MR) is 88.4 cm³/mol. The molecule has 7 heteroatoms. The van der Waals surface area contributed by atoms with Crippen LogP contribution in [0.15, 0.2) is 24.0 Å². The summed E-state index contributed by atoms with van der Waals surface area (Å²) in [6, 6.07) is 0. The van der Waals surface area contributed by atoms with E-state index in [1.165, 1.54) is 20.1 Å². The Labute approximate surface area is 151 Å². The van der Waals surface area contributed by atoms with E-state index in [2.05, 4.69) is 6.58 Å². The van der Waals surface area contributed by atoms with Crippen molar-refractivity contribution >= 4 is 23.7 Å². The van der Waals surface area contributed by atoms with E-state index >= 15 is 0 Å². The normalized spacial score (nSPS) is 37.7. The molecule has 0 N–H and O–H groups in total. The highest BCUT2D eigenvalue weighted by molar-refractivity contribution is 5.93. The van der Waals surface area contributed by atoms with Crippen LogP contribution >= 0.6 is 0 Å². The predicted octanol–water partition coefficient (Wildman–Crippen LogP) is 1.85. The average molecular weight is 362 g/mol. The minimum Gasteiger partial charge on any atom is -0.462 e. The van der Waals surface area contributed by atoms with Crippen molar-refractivity contribution in [2.24, 2.45) is 17.3 Å². The Hall–Kier alpha value is -2.44. The van der Waals surface area contributed by atoms with E-state index < -0.39 is 47.4 Å². The molecule has 0 amide bonds. The van der Waals surface area contributed by atoms with Crippen molar-refractivity contribution in [3.8, 4) is 0 Å². The van der Waals surface area contributed by atoms with E-state index in [1.54, 1.807) is 6.92 Å². The van der Waals surface area contributed by atoms with Gasteiger partial charge in [-0.25, -0.2) is 4.79 Å². The molecule has 0 aromatic heterocycles. The molecule has 3 aliphatic rings. The van der Waals surface area contributed by atoms with Gasteiger partial charge in [0.1, 0.15) is 18.0 Å². The van der Waals surface area contributed by atoms with E-state index in [9.17, 15) is 19.2 Å². The SMILES string of the molecule is C=C1C(=O)OC2C1C(OC(C)=O)CC1(C)C(=O)CCC(=COC(C)=O)C21. The van der Waals surface area contributed by atoms with Crippen LogP contribution in [0.5, 0.6) is 0 Å². The maximum absolute atomic E-state index is 12.8. The lowest BCUT2D eigenvalue weighted by Gasteiger charge is -2.51. The number of rotatable bonds is 2. The van der Waals surface area contributed by atoms with Gasteiger partial charge in [0.2, 0.25) is 0 Å². The van der Waals surface area contributed by atoms with Crippen molar-refractivity contribution in [3.05, 3.63) is 24.0 Å². The van der Waals surface area contributed by atoms with Crippen molar-refractivity contribution in [2.75, 3.05) is 0 Å². The maximum atomic E-state index is 12.8. The lowest BCUT2D eigenvalue weighted by Crippen LogP contribution is -2.56. The van der Waals surface area contributed by atoms with Crippen LogP contribution in [0.3, 0.4) is 0 Å². The van der Waals surface area contributed by atoms with Crippen molar-refractivity contribution < 1.29 is 33.4 Å². The number of ketones is 1. The van der Waals surface area contributed by atoms with Crippen molar-refractivity contribution in [1.82, 2.24) is 0 Å². The Morgan fingerprint density at radius 1 is 1.23 bits per heavy atom. The Morgan fingerprint density at radius 3 is 2.54 bits per heavy atom. The molecule has 0 aromatic carbocycles. The molecule has 5 atom stereocenters. The first-order valence-corrected chi connectivity index (χ1v) is 8.61. The van der Waals surface area contributed by atoms with Crippen LogP contribution in [-0.4, -0.2) is 35.9 Å². The van der Waals surface area contributed by atoms with Gasteiger partial charge >= 0.3 is 17.9 Å². The van der Waals surface area contributed by atoms with Crippen LogP contribution < -0.4 is 0 Å². The van der Waals surface area contributed by atoms with E-state index in [0.717, 1.165) is 5.57 Å². The second-order valence-electron chi connectivity index (χ2n) is 7.39. The second kappa shape index (κ2) is 6.37. The molecule has 5 unspecified atom stereocenters. The Bertz CT molecular complexity index is 734. The summed E-state index contributed by atoms with van der Waals surface area (Å²) in [5, 5.41) is 0. The third-order valence-electron chi connectivity index (χ3n) is 5.67. The Morgan fingerprint density at radius 2 is 1.92 bits per heavy atom. The van der Waals surface area contributed by atoms with Gasteiger partial charge in [-0.05, 0) is 18.4 Å². The summed E-state index contributed by atoms with van der Waals surface area (Å²) < 4.78 is 16.0. The van der Waals surface area contributed by atoms with Gasteiger partial charge in [-0.2, -0.15) is 0 Å². The van der Waals surface area contributed by atoms with Gasteiger partial charge in [-0.15, -0.1) is 0 Å². The third-order valence-corrected chi connectivity index (χ3v) is 5.67. The fraction of sp³-hybridized carbons (Fsp3) is 0.579. The largest absolute Gasteiger partial charge is 0.462 e. The highest BCUT2D eigenvalue weighted by atomic mass is 16.6. The summed E-state index contributed by atoms with van der Waals surface area (Å²) in [4.78, 5) is 47.7. The molecule has 0 spiro atoms. The molecule has 0 radical (unpaired) electrons. The number of hydrogen-bond acceptors (Lipinski definition) is 7. The fourth-order valence-electron chi connectivity index (χ4n) is 4.58. The summed E-state index contributed by atoms with van der Waals surface area (Å²) in [6.07, 6.45) is 1.02. The van der Waals surface area contributed by atoms with E-state index in [4.69, 9.17) is 14.2 Å². The summed E-state index contributed by atoms with van der Waals surface area (Å²) in [7, 11) is 0. The monoisotopic (exact) mass is 362 g/mol. The molecular weight excluding hydrogens is 340 g/mol. The lowest BCUT2D eigenvalue weighted by atomic mass is 9.54. The molecule has 2 saturated carbocycles. The van der Waals surface area contributed by atoms with Gasteiger partial charge in [0.15, 0.2) is 0 Å². The Balaban J connectivity index is 2.06. The quantitative estimate of drug-likeness (QED) is 0.320. The highest BCUT2D eigenvalue weighted by Gasteiger charge is 2.62.